The first kappa shape index (κ1) is 17.0. The summed E-state index contributed by atoms with van der Waals surface area (Å²) in [7, 11) is 0. The van der Waals surface area contributed by atoms with Crippen molar-refractivity contribution in [1.29, 1.82) is 0 Å². The van der Waals surface area contributed by atoms with Gasteiger partial charge in [-0.25, -0.2) is 0 Å². The second kappa shape index (κ2) is 8.31. The lowest BCUT2D eigenvalue weighted by molar-refractivity contribution is 0.297. The van der Waals surface area contributed by atoms with E-state index in [1.165, 1.54) is 24.0 Å². The molecule has 0 fully saturated rings. The van der Waals surface area contributed by atoms with Crippen molar-refractivity contribution in [2.75, 3.05) is 19.7 Å². The molecule has 20 heavy (non-hydrogen) atoms. The minimum Gasteiger partial charge on any atom is -0.493 e. The highest BCUT2D eigenvalue weighted by Crippen LogP contribution is 2.32. The van der Waals surface area contributed by atoms with Gasteiger partial charge in [-0.1, -0.05) is 45.4 Å². The van der Waals surface area contributed by atoms with Crippen LogP contribution in [0.1, 0.15) is 58.1 Å². The van der Waals surface area contributed by atoms with Crippen molar-refractivity contribution >= 4 is 0 Å². The number of ether oxygens (including phenoxy) is 1. The summed E-state index contributed by atoms with van der Waals surface area (Å²) in [5.74, 6) is 1.05. The Morgan fingerprint density at radius 3 is 2.50 bits per heavy atom. The van der Waals surface area contributed by atoms with Gasteiger partial charge >= 0.3 is 0 Å². The maximum atomic E-state index is 6.00. The Kier molecular flexibility index (Phi) is 7.08. The number of unbranched alkanes of at least 4 members (excludes halogenated alkanes) is 2. The molecule has 0 heterocycles. The van der Waals surface area contributed by atoms with E-state index >= 15 is 0 Å². The largest absolute Gasteiger partial charge is 0.493 e. The van der Waals surface area contributed by atoms with Crippen LogP contribution in [0.5, 0.6) is 5.75 Å². The number of benzene rings is 1. The monoisotopic (exact) mass is 277 g/mol. The molecule has 0 saturated heterocycles. The fourth-order valence-corrected chi connectivity index (χ4v) is 2.24. The molecule has 1 rings (SSSR count). The van der Waals surface area contributed by atoms with Gasteiger partial charge in [0.25, 0.3) is 0 Å². The molecular formula is C18H31NO. The predicted octanol–water partition coefficient (Wildman–Crippen LogP) is 4.45. The van der Waals surface area contributed by atoms with Crippen molar-refractivity contribution in [1.82, 2.24) is 5.32 Å². The molecule has 0 spiro atoms. The number of hydrogen-bond donors (Lipinski definition) is 1. The Morgan fingerprint density at radius 2 is 1.85 bits per heavy atom. The topological polar surface area (TPSA) is 21.3 Å². The first-order valence-electron chi connectivity index (χ1n) is 7.90. The zero-order chi connectivity index (χ0) is 15.0. The molecule has 0 aliphatic carbocycles. The third kappa shape index (κ3) is 5.96. The molecule has 0 radical (unpaired) electrons. The summed E-state index contributed by atoms with van der Waals surface area (Å²) in [5.41, 5.74) is 2.74. The predicted molar refractivity (Wildman–Crippen MR) is 87.8 cm³/mol. The molecule has 0 atom stereocenters. The first-order valence-corrected chi connectivity index (χ1v) is 7.90. The molecule has 0 aliphatic rings. The van der Waals surface area contributed by atoms with E-state index in [1.807, 2.05) is 0 Å². The molecule has 0 amide bonds. The summed E-state index contributed by atoms with van der Waals surface area (Å²) >= 11 is 0. The number of rotatable bonds is 8. The fourth-order valence-electron chi connectivity index (χ4n) is 2.24. The van der Waals surface area contributed by atoms with Crippen molar-refractivity contribution < 1.29 is 4.74 Å². The lowest BCUT2D eigenvalue weighted by atomic mass is 9.85. The smallest absolute Gasteiger partial charge is 0.123 e. The van der Waals surface area contributed by atoms with Gasteiger partial charge in [0.15, 0.2) is 0 Å². The van der Waals surface area contributed by atoms with Gasteiger partial charge in [-0.3, -0.25) is 0 Å². The van der Waals surface area contributed by atoms with Gasteiger partial charge in [-0.15, -0.1) is 0 Å². The van der Waals surface area contributed by atoms with E-state index in [4.69, 9.17) is 4.74 Å². The Balaban J connectivity index is 2.44. The van der Waals surface area contributed by atoms with E-state index in [-0.39, 0.29) is 5.41 Å². The van der Waals surface area contributed by atoms with E-state index in [1.54, 1.807) is 0 Å². The standard InChI is InChI=1S/C18H31NO/c1-6-19-12-8-7-9-13-20-17-11-10-15(2)14-16(17)18(3,4)5/h10-11,14,19H,6-9,12-13H2,1-5H3. The number of hydrogen-bond acceptors (Lipinski definition) is 2. The van der Waals surface area contributed by atoms with Gasteiger partial charge in [0.2, 0.25) is 0 Å². The Labute approximate surface area is 124 Å². The van der Waals surface area contributed by atoms with E-state index in [9.17, 15) is 0 Å². The zero-order valence-corrected chi connectivity index (χ0v) is 13.9. The van der Waals surface area contributed by atoms with Crippen LogP contribution in [0.4, 0.5) is 0 Å². The second-order valence-electron chi connectivity index (χ2n) is 6.51. The second-order valence-corrected chi connectivity index (χ2v) is 6.51. The minimum atomic E-state index is 0.131. The summed E-state index contributed by atoms with van der Waals surface area (Å²) in [4.78, 5) is 0. The maximum absolute atomic E-state index is 6.00. The average molecular weight is 277 g/mol. The summed E-state index contributed by atoms with van der Waals surface area (Å²) in [6.07, 6.45) is 3.59. The minimum absolute atomic E-state index is 0.131. The van der Waals surface area contributed by atoms with Crippen LogP contribution in [-0.2, 0) is 5.41 Å². The van der Waals surface area contributed by atoms with Crippen molar-refractivity contribution in [2.45, 2.75) is 59.3 Å². The summed E-state index contributed by atoms with van der Waals surface area (Å²) < 4.78 is 6.00. The van der Waals surface area contributed by atoms with Crippen LogP contribution >= 0.6 is 0 Å². The average Bonchev–Trinajstić information content (AvgIpc) is 2.38. The van der Waals surface area contributed by atoms with Crippen LogP contribution in [-0.4, -0.2) is 19.7 Å². The number of aryl methyl sites for hydroxylation is 1. The maximum Gasteiger partial charge on any atom is 0.123 e. The van der Waals surface area contributed by atoms with Crippen LogP contribution in [0, 0.1) is 6.92 Å². The van der Waals surface area contributed by atoms with Crippen LogP contribution in [0.25, 0.3) is 0 Å². The van der Waals surface area contributed by atoms with Crippen LogP contribution in [0.15, 0.2) is 18.2 Å². The normalized spacial score (nSPS) is 11.7. The molecule has 2 nitrogen and oxygen atoms in total. The summed E-state index contributed by atoms with van der Waals surface area (Å²) in [6, 6.07) is 6.50. The molecular weight excluding hydrogens is 246 g/mol. The molecule has 1 N–H and O–H groups in total. The van der Waals surface area contributed by atoms with Crippen molar-refractivity contribution in [2.24, 2.45) is 0 Å². The molecule has 0 saturated carbocycles. The highest BCUT2D eigenvalue weighted by molar-refractivity contribution is 5.41. The molecule has 0 bridgehead atoms. The van der Waals surface area contributed by atoms with Gasteiger partial charge in [-0.2, -0.15) is 0 Å². The first-order chi connectivity index (χ1) is 9.45. The summed E-state index contributed by atoms with van der Waals surface area (Å²) in [5, 5.41) is 3.35. The molecule has 0 aliphatic heterocycles. The van der Waals surface area contributed by atoms with Gasteiger partial charge in [-0.05, 0) is 56.3 Å². The van der Waals surface area contributed by atoms with E-state index in [2.05, 4.69) is 58.1 Å². The fraction of sp³-hybridized carbons (Fsp3) is 0.667. The molecule has 1 aromatic rings. The highest BCUT2D eigenvalue weighted by Gasteiger charge is 2.18. The quantitative estimate of drug-likeness (QED) is 0.709. The van der Waals surface area contributed by atoms with Crippen LogP contribution < -0.4 is 10.1 Å². The van der Waals surface area contributed by atoms with Crippen molar-refractivity contribution in [3.63, 3.8) is 0 Å². The molecule has 0 unspecified atom stereocenters. The molecule has 2 heteroatoms. The zero-order valence-electron chi connectivity index (χ0n) is 13.9. The highest BCUT2D eigenvalue weighted by atomic mass is 16.5. The van der Waals surface area contributed by atoms with Gasteiger partial charge in [0, 0.05) is 0 Å². The Morgan fingerprint density at radius 1 is 1.10 bits per heavy atom. The lowest BCUT2D eigenvalue weighted by Crippen LogP contribution is -2.15. The summed E-state index contributed by atoms with van der Waals surface area (Å²) in [6.45, 7) is 14.0. The van der Waals surface area contributed by atoms with Crippen LogP contribution in [0.2, 0.25) is 0 Å². The molecule has 0 aromatic heterocycles. The van der Waals surface area contributed by atoms with E-state index in [0.717, 1.165) is 31.9 Å². The molecule has 114 valence electrons. The van der Waals surface area contributed by atoms with E-state index < -0.39 is 0 Å². The van der Waals surface area contributed by atoms with Gasteiger partial charge in [0.1, 0.15) is 5.75 Å². The Bertz CT molecular complexity index is 393. The van der Waals surface area contributed by atoms with Crippen molar-refractivity contribution in [3.05, 3.63) is 29.3 Å². The number of nitrogens with one attached hydrogen (secondary N) is 1. The van der Waals surface area contributed by atoms with Gasteiger partial charge in [0.05, 0.1) is 6.61 Å². The lowest BCUT2D eigenvalue weighted by Gasteiger charge is -2.23. The third-order valence-electron chi connectivity index (χ3n) is 3.45. The van der Waals surface area contributed by atoms with Gasteiger partial charge < -0.3 is 10.1 Å². The SMILES string of the molecule is CCNCCCCCOc1ccc(C)cc1C(C)(C)C. The van der Waals surface area contributed by atoms with Crippen molar-refractivity contribution in [3.8, 4) is 5.75 Å². The Hall–Kier alpha value is -1.02. The van der Waals surface area contributed by atoms with E-state index in [0.29, 0.717) is 0 Å². The molecule has 1 aromatic carbocycles. The van der Waals surface area contributed by atoms with Crippen LogP contribution in [0.3, 0.4) is 0 Å². The third-order valence-corrected chi connectivity index (χ3v) is 3.45.